The quantitative estimate of drug-likeness (QED) is 0.714. The fraction of sp³-hybridized carbons (Fsp3) is 1.00. The Kier molecular flexibility index (Phi) is 3.39. The van der Waals surface area contributed by atoms with Gasteiger partial charge >= 0.3 is 0 Å². The molecule has 0 bridgehead atoms. The van der Waals surface area contributed by atoms with Crippen LogP contribution in [0.3, 0.4) is 0 Å². The molecule has 0 aromatic heterocycles. The lowest BCUT2D eigenvalue weighted by Crippen LogP contribution is -2.26. The third kappa shape index (κ3) is 2.70. The first-order valence-electron chi connectivity index (χ1n) is 5.61. The van der Waals surface area contributed by atoms with Crippen LogP contribution in [0.15, 0.2) is 0 Å². The molecule has 0 aromatic carbocycles. The lowest BCUT2D eigenvalue weighted by molar-refractivity contribution is 0.0860. The standard InChI is InChI=1S/C12H24O/c1-9(2)12(3,4)8-10-6-5-7-11(10)13/h9-11,13H,5-8H2,1-4H3. The molecule has 0 amide bonds. The van der Waals surface area contributed by atoms with Crippen LogP contribution in [-0.2, 0) is 0 Å². The van der Waals surface area contributed by atoms with Gasteiger partial charge in [-0.2, -0.15) is 0 Å². The van der Waals surface area contributed by atoms with E-state index >= 15 is 0 Å². The van der Waals surface area contributed by atoms with Crippen molar-refractivity contribution in [3.8, 4) is 0 Å². The van der Waals surface area contributed by atoms with E-state index in [-0.39, 0.29) is 6.10 Å². The molecule has 0 saturated heterocycles. The van der Waals surface area contributed by atoms with Crippen LogP contribution in [0.2, 0.25) is 0 Å². The minimum atomic E-state index is -0.0157. The zero-order chi connectivity index (χ0) is 10.1. The molecule has 1 saturated carbocycles. The number of aliphatic hydroxyl groups excluding tert-OH is 1. The van der Waals surface area contributed by atoms with Crippen LogP contribution in [0.5, 0.6) is 0 Å². The summed E-state index contributed by atoms with van der Waals surface area (Å²) in [6.07, 6.45) is 4.65. The van der Waals surface area contributed by atoms with Gasteiger partial charge < -0.3 is 5.11 Å². The van der Waals surface area contributed by atoms with Crippen LogP contribution in [0.25, 0.3) is 0 Å². The van der Waals surface area contributed by atoms with Gasteiger partial charge in [0.15, 0.2) is 0 Å². The van der Waals surface area contributed by atoms with E-state index in [9.17, 15) is 5.11 Å². The smallest absolute Gasteiger partial charge is 0.0568 e. The highest BCUT2D eigenvalue weighted by molar-refractivity contribution is 4.83. The van der Waals surface area contributed by atoms with Gasteiger partial charge in [-0.05, 0) is 36.5 Å². The van der Waals surface area contributed by atoms with Crippen molar-refractivity contribution >= 4 is 0 Å². The summed E-state index contributed by atoms with van der Waals surface area (Å²) in [5.74, 6) is 1.28. The van der Waals surface area contributed by atoms with Crippen molar-refractivity contribution in [3.05, 3.63) is 0 Å². The van der Waals surface area contributed by atoms with Crippen LogP contribution < -0.4 is 0 Å². The third-order valence-electron chi connectivity index (χ3n) is 3.97. The minimum Gasteiger partial charge on any atom is -0.393 e. The summed E-state index contributed by atoms with van der Waals surface area (Å²) in [6, 6.07) is 0. The number of hydrogen-bond acceptors (Lipinski definition) is 1. The predicted molar refractivity (Wildman–Crippen MR) is 56.6 cm³/mol. The SMILES string of the molecule is CC(C)C(C)(C)CC1CCCC1O. The van der Waals surface area contributed by atoms with Crippen LogP contribution in [0.4, 0.5) is 0 Å². The Morgan fingerprint density at radius 3 is 2.31 bits per heavy atom. The Balaban J connectivity index is 2.47. The predicted octanol–water partition coefficient (Wildman–Crippen LogP) is 3.22. The van der Waals surface area contributed by atoms with Crippen molar-refractivity contribution in [2.24, 2.45) is 17.3 Å². The van der Waals surface area contributed by atoms with Gasteiger partial charge in [0.05, 0.1) is 6.10 Å². The number of hydrogen-bond donors (Lipinski definition) is 1. The second-order valence-corrected chi connectivity index (χ2v) is 5.61. The highest BCUT2D eigenvalue weighted by atomic mass is 16.3. The molecule has 1 fully saturated rings. The van der Waals surface area contributed by atoms with Gasteiger partial charge in [0.1, 0.15) is 0 Å². The van der Waals surface area contributed by atoms with Gasteiger partial charge in [-0.1, -0.05) is 34.1 Å². The molecule has 0 aliphatic heterocycles. The summed E-state index contributed by atoms with van der Waals surface area (Å²) < 4.78 is 0. The maximum Gasteiger partial charge on any atom is 0.0568 e. The Hall–Kier alpha value is -0.0400. The second-order valence-electron chi connectivity index (χ2n) is 5.61. The Morgan fingerprint density at radius 1 is 1.31 bits per heavy atom. The monoisotopic (exact) mass is 184 g/mol. The molecule has 1 nitrogen and oxygen atoms in total. The zero-order valence-corrected chi connectivity index (χ0v) is 9.51. The molecule has 78 valence electrons. The molecule has 1 heteroatoms. The summed E-state index contributed by atoms with van der Waals surface area (Å²) in [5, 5.41) is 9.73. The Labute approximate surface area is 82.5 Å². The maximum atomic E-state index is 9.73. The van der Waals surface area contributed by atoms with Gasteiger partial charge in [-0.3, -0.25) is 0 Å². The lowest BCUT2D eigenvalue weighted by atomic mass is 9.73. The summed E-state index contributed by atoms with van der Waals surface area (Å²) in [4.78, 5) is 0. The topological polar surface area (TPSA) is 20.2 Å². The van der Waals surface area contributed by atoms with E-state index < -0.39 is 0 Å². The largest absolute Gasteiger partial charge is 0.393 e. The van der Waals surface area contributed by atoms with Crippen molar-refractivity contribution < 1.29 is 5.11 Å². The van der Waals surface area contributed by atoms with E-state index in [0.29, 0.717) is 17.3 Å². The number of aliphatic hydroxyl groups is 1. The summed E-state index contributed by atoms with van der Waals surface area (Å²) >= 11 is 0. The fourth-order valence-corrected chi connectivity index (χ4v) is 2.17. The van der Waals surface area contributed by atoms with E-state index in [1.165, 1.54) is 19.3 Å². The molecule has 0 spiro atoms. The van der Waals surface area contributed by atoms with Gasteiger partial charge in [0, 0.05) is 0 Å². The molecule has 0 aromatic rings. The van der Waals surface area contributed by atoms with E-state index in [1.807, 2.05) is 0 Å². The first kappa shape index (κ1) is 11.0. The first-order valence-corrected chi connectivity index (χ1v) is 5.61. The van der Waals surface area contributed by atoms with Crippen molar-refractivity contribution in [1.82, 2.24) is 0 Å². The highest BCUT2D eigenvalue weighted by Gasteiger charge is 2.32. The minimum absolute atomic E-state index is 0.0157. The normalized spacial score (nSPS) is 30.0. The second kappa shape index (κ2) is 4.00. The van der Waals surface area contributed by atoms with Crippen LogP contribution in [0.1, 0.15) is 53.4 Å². The van der Waals surface area contributed by atoms with E-state index in [2.05, 4.69) is 27.7 Å². The molecule has 0 radical (unpaired) electrons. The first-order chi connectivity index (χ1) is 5.93. The average Bonchev–Trinajstić information content (AvgIpc) is 2.35. The molecule has 1 aliphatic rings. The Bertz CT molecular complexity index is 161. The average molecular weight is 184 g/mol. The van der Waals surface area contributed by atoms with Crippen LogP contribution in [0, 0.1) is 17.3 Å². The molecule has 13 heavy (non-hydrogen) atoms. The highest BCUT2D eigenvalue weighted by Crippen LogP contribution is 2.39. The van der Waals surface area contributed by atoms with Crippen molar-refractivity contribution in [2.75, 3.05) is 0 Å². The molecule has 1 N–H and O–H groups in total. The molecule has 0 heterocycles. The Morgan fingerprint density at radius 2 is 1.92 bits per heavy atom. The fourth-order valence-electron chi connectivity index (χ4n) is 2.17. The molecule has 1 aliphatic carbocycles. The summed E-state index contributed by atoms with van der Waals surface area (Å²) in [6.45, 7) is 9.20. The van der Waals surface area contributed by atoms with E-state index in [1.54, 1.807) is 0 Å². The maximum absolute atomic E-state index is 9.73. The van der Waals surface area contributed by atoms with Crippen molar-refractivity contribution in [1.29, 1.82) is 0 Å². The molecule has 2 atom stereocenters. The van der Waals surface area contributed by atoms with Gasteiger partial charge in [-0.25, -0.2) is 0 Å². The molecule has 2 unspecified atom stereocenters. The van der Waals surface area contributed by atoms with Crippen molar-refractivity contribution in [2.45, 2.75) is 59.5 Å². The molecular formula is C12H24O. The zero-order valence-electron chi connectivity index (χ0n) is 9.51. The third-order valence-corrected chi connectivity index (χ3v) is 3.97. The van der Waals surface area contributed by atoms with Gasteiger partial charge in [0.2, 0.25) is 0 Å². The summed E-state index contributed by atoms with van der Waals surface area (Å²) in [5.41, 5.74) is 0.385. The molecule has 1 rings (SSSR count). The van der Waals surface area contributed by atoms with Gasteiger partial charge in [-0.15, -0.1) is 0 Å². The van der Waals surface area contributed by atoms with E-state index in [4.69, 9.17) is 0 Å². The lowest BCUT2D eigenvalue weighted by Gasteiger charge is -2.33. The molecular weight excluding hydrogens is 160 g/mol. The van der Waals surface area contributed by atoms with Crippen molar-refractivity contribution in [3.63, 3.8) is 0 Å². The van der Waals surface area contributed by atoms with Crippen LogP contribution in [-0.4, -0.2) is 11.2 Å². The van der Waals surface area contributed by atoms with Gasteiger partial charge in [0.25, 0.3) is 0 Å². The number of rotatable bonds is 3. The van der Waals surface area contributed by atoms with E-state index in [0.717, 1.165) is 6.42 Å². The van der Waals surface area contributed by atoms with Crippen LogP contribution >= 0.6 is 0 Å². The summed E-state index contributed by atoms with van der Waals surface area (Å²) in [7, 11) is 0.